The molecule has 0 radical (unpaired) electrons. The summed E-state index contributed by atoms with van der Waals surface area (Å²) in [5, 5.41) is 3.56. The highest BCUT2D eigenvalue weighted by Crippen LogP contribution is 2.34. The van der Waals surface area contributed by atoms with E-state index in [9.17, 15) is 0 Å². The van der Waals surface area contributed by atoms with E-state index in [1.165, 1.54) is 43.2 Å². The molecule has 0 spiro atoms. The summed E-state index contributed by atoms with van der Waals surface area (Å²) in [6.45, 7) is 5.52. The van der Waals surface area contributed by atoms with Crippen LogP contribution in [-0.2, 0) is 13.0 Å². The Balaban J connectivity index is 1.57. The molecule has 0 amide bonds. The largest absolute Gasteiger partial charge is 0.351 e. The molecule has 1 aliphatic heterocycles. The molecule has 2 heterocycles. The number of hydrogen-bond acceptors (Lipinski definition) is 4. The van der Waals surface area contributed by atoms with Crippen molar-refractivity contribution < 1.29 is 0 Å². The minimum atomic E-state index is 0.0464. The van der Waals surface area contributed by atoms with E-state index < -0.39 is 0 Å². The molecule has 1 aromatic carbocycles. The van der Waals surface area contributed by atoms with Crippen LogP contribution in [0.3, 0.4) is 0 Å². The first kappa shape index (κ1) is 16.4. The van der Waals surface area contributed by atoms with E-state index in [1.807, 2.05) is 12.3 Å². The quantitative estimate of drug-likeness (QED) is 0.892. The number of fused-ring (bicyclic) bond motifs is 1. The molecule has 4 rings (SSSR count). The zero-order chi connectivity index (χ0) is 17.3. The van der Waals surface area contributed by atoms with Gasteiger partial charge in [0.1, 0.15) is 5.82 Å². The fourth-order valence-corrected chi connectivity index (χ4v) is 4.22. The van der Waals surface area contributed by atoms with Gasteiger partial charge in [0.25, 0.3) is 0 Å². The number of benzene rings is 1. The highest BCUT2D eigenvalue weighted by Gasteiger charge is 2.33. The third-order valence-electron chi connectivity index (χ3n) is 5.66. The molecule has 2 aromatic rings. The third kappa shape index (κ3) is 3.48. The number of anilines is 2. The Morgan fingerprint density at radius 2 is 1.80 bits per heavy atom. The van der Waals surface area contributed by atoms with Crippen molar-refractivity contribution in [1.29, 1.82) is 0 Å². The van der Waals surface area contributed by atoms with Crippen LogP contribution in [0.25, 0.3) is 0 Å². The van der Waals surface area contributed by atoms with E-state index in [-0.39, 0.29) is 5.54 Å². The molecule has 0 saturated heterocycles. The van der Waals surface area contributed by atoms with Gasteiger partial charge in [-0.05, 0) is 50.3 Å². The summed E-state index contributed by atoms with van der Waals surface area (Å²) < 4.78 is 0. The number of aromatic nitrogens is 2. The van der Waals surface area contributed by atoms with Gasteiger partial charge in [-0.2, -0.15) is 4.98 Å². The van der Waals surface area contributed by atoms with E-state index in [0.29, 0.717) is 6.04 Å². The maximum Gasteiger partial charge on any atom is 0.224 e. The van der Waals surface area contributed by atoms with Crippen molar-refractivity contribution in [2.24, 2.45) is 0 Å². The Hall–Kier alpha value is -2.10. The van der Waals surface area contributed by atoms with Crippen LogP contribution < -0.4 is 10.2 Å². The molecule has 1 saturated carbocycles. The lowest BCUT2D eigenvalue weighted by Crippen LogP contribution is -2.49. The summed E-state index contributed by atoms with van der Waals surface area (Å²) in [6.07, 6.45) is 9.38. The lowest BCUT2D eigenvalue weighted by molar-refractivity contribution is 0.427. The van der Waals surface area contributed by atoms with Gasteiger partial charge in [0.15, 0.2) is 0 Å². The van der Waals surface area contributed by atoms with Crippen molar-refractivity contribution in [3.8, 4) is 0 Å². The van der Waals surface area contributed by atoms with E-state index in [2.05, 4.69) is 53.3 Å². The number of nitrogens with zero attached hydrogens (tertiary/aromatic N) is 3. The minimum absolute atomic E-state index is 0.0464. The van der Waals surface area contributed by atoms with Gasteiger partial charge >= 0.3 is 0 Å². The predicted octanol–water partition coefficient (Wildman–Crippen LogP) is 4.56. The highest BCUT2D eigenvalue weighted by atomic mass is 15.3. The lowest BCUT2D eigenvalue weighted by Gasteiger charge is -2.44. The second-order valence-corrected chi connectivity index (χ2v) is 8.06. The summed E-state index contributed by atoms with van der Waals surface area (Å²) in [6, 6.07) is 11.3. The predicted molar refractivity (Wildman–Crippen MR) is 103 cm³/mol. The standard InChI is InChI=1S/C21H28N4/c1-21(2)14-16-8-6-7-9-17(16)15-25(21)19-12-13-22-20(24-19)23-18-10-4-3-5-11-18/h6-9,12-13,18H,3-5,10-11,14-15H2,1-2H3,(H,22,23,24). The monoisotopic (exact) mass is 336 g/mol. The van der Waals surface area contributed by atoms with Crippen LogP contribution in [0.15, 0.2) is 36.5 Å². The Labute approximate surface area is 150 Å². The molecule has 132 valence electrons. The van der Waals surface area contributed by atoms with Crippen LogP contribution >= 0.6 is 0 Å². The highest BCUT2D eigenvalue weighted by molar-refractivity contribution is 5.50. The van der Waals surface area contributed by atoms with Gasteiger partial charge in [-0.1, -0.05) is 43.5 Å². The second kappa shape index (κ2) is 6.66. The smallest absolute Gasteiger partial charge is 0.224 e. The van der Waals surface area contributed by atoms with Crippen molar-refractivity contribution in [2.45, 2.75) is 70.5 Å². The molecule has 4 nitrogen and oxygen atoms in total. The lowest BCUT2D eigenvalue weighted by atomic mass is 9.85. The number of rotatable bonds is 3. The minimum Gasteiger partial charge on any atom is -0.351 e. The van der Waals surface area contributed by atoms with Gasteiger partial charge < -0.3 is 10.2 Å². The first-order valence-electron chi connectivity index (χ1n) is 9.56. The maximum absolute atomic E-state index is 4.86. The van der Waals surface area contributed by atoms with E-state index in [4.69, 9.17) is 4.98 Å². The normalized spacial score (nSPS) is 20.2. The Bertz CT molecular complexity index is 734. The van der Waals surface area contributed by atoms with Crippen molar-refractivity contribution in [2.75, 3.05) is 10.2 Å². The molecule has 0 unspecified atom stereocenters. The summed E-state index contributed by atoms with van der Waals surface area (Å²) in [5.41, 5.74) is 2.91. The van der Waals surface area contributed by atoms with Gasteiger partial charge in [0.05, 0.1) is 0 Å². The van der Waals surface area contributed by atoms with Crippen LogP contribution in [0.5, 0.6) is 0 Å². The molecular formula is C21H28N4. The SMILES string of the molecule is CC1(C)Cc2ccccc2CN1c1ccnc(NC2CCCCC2)n1. The van der Waals surface area contributed by atoms with Crippen LogP contribution in [-0.4, -0.2) is 21.5 Å². The van der Waals surface area contributed by atoms with Crippen LogP contribution in [0.1, 0.15) is 57.1 Å². The topological polar surface area (TPSA) is 41.1 Å². The summed E-state index contributed by atoms with van der Waals surface area (Å²) >= 11 is 0. The summed E-state index contributed by atoms with van der Waals surface area (Å²) in [4.78, 5) is 11.8. The first-order chi connectivity index (χ1) is 12.1. The molecule has 0 atom stereocenters. The molecule has 4 heteroatoms. The van der Waals surface area contributed by atoms with Crippen LogP contribution in [0.4, 0.5) is 11.8 Å². The van der Waals surface area contributed by atoms with E-state index in [0.717, 1.165) is 24.7 Å². The summed E-state index contributed by atoms with van der Waals surface area (Å²) in [5.74, 6) is 1.80. The van der Waals surface area contributed by atoms with E-state index >= 15 is 0 Å². The number of hydrogen-bond donors (Lipinski definition) is 1. The van der Waals surface area contributed by atoms with Gasteiger partial charge in [0, 0.05) is 24.3 Å². The van der Waals surface area contributed by atoms with Crippen molar-refractivity contribution >= 4 is 11.8 Å². The van der Waals surface area contributed by atoms with Crippen LogP contribution in [0.2, 0.25) is 0 Å². The van der Waals surface area contributed by atoms with Crippen LogP contribution in [0, 0.1) is 0 Å². The molecule has 2 aliphatic rings. The fourth-order valence-electron chi connectivity index (χ4n) is 4.22. The Morgan fingerprint density at radius 3 is 2.60 bits per heavy atom. The first-order valence-corrected chi connectivity index (χ1v) is 9.56. The van der Waals surface area contributed by atoms with Crippen molar-refractivity contribution in [1.82, 2.24) is 9.97 Å². The molecule has 1 fully saturated rings. The fraction of sp³-hybridized carbons (Fsp3) is 0.524. The molecule has 0 bridgehead atoms. The van der Waals surface area contributed by atoms with Gasteiger partial charge in [-0.15, -0.1) is 0 Å². The average molecular weight is 336 g/mol. The van der Waals surface area contributed by atoms with Gasteiger partial charge in [-0.25, -0.2) is 4.98 Å². The van der Waals surface area contributed by atoms with Gasteiger partial charge in [0.2, 0.25) is 5.95 Å². The molecule has 1 aliphatic carbocycles. The van der Waals surface area contributed by atoms with E-state index in [1.54, 1.807) is 0 Å². The van der Waals surface area contributed by atoms with Crippen molar-refractivity contribution in [3.63, 3.8) is 0 Å². The van der Waals surface area contributed by atoms with Crippen molar-refractivity contribution in [3.05, 3.63) is 47.7 Å². The Morgan fingerprint density at radius 1 is 1.04 bits per heavy atom. The number of nitrogens with one attached hydrogen (secondary N) is 1. The molecular weight excluding hydrogens is 308 g/mol. The van der Waals surface area contributed by atoms with Gasteiger partial charge in [-0.3, -0.25) is 0 Å². The average Bonchev–Trinajstić information content (AvgIpc) is 2.61. The second-order valence-electron chi connectivity index (χ2n) is 8.06. The zero-order valence-electron chi connectivity index (χ0n) is 15.3. The Kier molecular flexibility index (Phi) is 4.36. The summed E-state index contributed by atoms with van der Waals surface area (Å²) in [7, 11) is 0. The maximum atomic E-state index is 4.86. The molecule has 25 heavy (non-hydrogen) atoms. The third-order valence-corrected chi connectivity index (χ3v) is 5.66. The molecule has 1 N–H and O–H groups in total. The molecule has 1 aromatic heterocycles. The zero-order valence-corrected chi connectivity index (χ0v) is 15.3.